The van der Waals surface area contributed by atoms with Crippen LogP contribution >= 0.6 is 0 Å². The van der Waals surface area contributed by atoms with Crippen LogP contribution in [0.5, 0.6) is 0 Å². The highest BCUT2D eigenvalue weighted by atomic mass is 19.1. The molecule has 0 aliphatic carbocycles. The van der Waals surface area contributed by atoms with Crippen molar-refractivity contribution < 1.29 is 28.9 Å². The van der Waals surface area contributed by atoms with Crippen LogP contribution in [0.2, 0.25) is 0 Å². The number of alkyl carbamates (subject to hydrolysis) is 1. The van der Waals surface area contributed by atoms with Crippen molar-refractivity contribution >= 4 is 11.9 Å². The van der Waals surface area contributed by atoms with Gasteiger partial charge in [0.25, 0.3) is 0 Å². The Morgan fingerprint density at radius 2 is 1.85 bits per heavy atom. The third-order valence-electron chi connectivity index (χ3n) is 3.74. The van der Waals surface area contributed by atoms with Gasteiger partial charge in [0.2, 0.25) is 0 Å². The Kier molecular flexibility index (Phi) is 6.82. The first-order valence-corrected chi connectivity index (χ1v) is 7.99. The van der Waals surface area contributed by atoms with Gasteiger partial charge >= 0.3 is 6.09 Å². The molecular weight excluding hydrogens is 341 g/mol. The zero-order valence-corrected chi connectivity index (χ0v) is 14.2. The predicted octanol–water partition coefficient (Wildman–Crippen LogP) is 2.35. The van der Waals surface area contributed by atoms with Crippen molar-refractivity contribution in [3.63, 3.8) is 0 Å². The normalized spacial score (nSPS) is 12.9. The summed E-state index contributed by atoms with van der Waals surface area (Å²) >= 11 is 0. The lowest BCUT2D eigenvalue weighted by Crippen LogP contribution is -2.35. The number of ketones is 1. The number of carbonyl (C=O) groups excluding carboxylic acids is 2. The quantitative estimate of drug-likeness (QED) is 0.658. The van der Waals surface area contributed by atoms with E-state index in [2.05, 4.69) is 5.32 Å². The molecule has 3 N–H and O–H groups in total. The van der Waals surface area contributed by atoms with Crippen LogP contribution in [-0.2, 0) is 11.3 Å². The number of hydrogen-bond acceptors (Lipinski definition) is 5. The van der Waals surface area contributed by atoms with E-state index in [0.717, 1.165) is 11.6 Å². The highest BCUT2D eigenvalue weighted by Crippen LogP contribution is 2.20. The Hall–Kier alpha value is -2.77. The summed E-state index contributed by atoms with van der Waals surface area (Å²) < 4.78 is 18.5. The maximum absolute atomic E-state index is 13.5. The fourth-order valence-electron chi connectivity index (χ4n) is 2.29. The number of Topliss-reactive ketones (excluding diaryl/α,β-unsaturated/α-hetero) is 1. The smallest absolute Gasteiger partial charge is 0.407 e. The van der Waals surface area contributed by atoms with Crippen LogP contribution in [0.3, 0.4) is 0 Å². The summed E-state index contributed by atoms with van der Waals surface area (Å²) in [6.45, 7) is 1.00. The molecule has 0 aliphatic heterocycles. The Balaban J connectivity index is 1.86. The van der Waals surface area contributed by atoms with Crippen LogP contribution in [0, 0.1) is 5.82 Å². The number of hydrogen-bond donors (Lipinski definition) is 3. The number of carbonyl (C=O) groups is 2. The van der Waals surface area contributed by atoms with E-state index in [0.29, 0.717) is 0 Å². The molecule has 1 amide bonds. The van der Waals surface area contributed by atoms with Crippen molar-refractivity contribution in [3.8, 4) is 0 Å². The van der Waals surface area contributed by atoms with Crippen molar-refractivity contribution in [3.05, 3.63) is 71.0 Å². The molecule has 138 valence electrons. The van der Waals surface area contributed by atoms with Crippen molar-refractivity contribution in [2.45, 2.75) is 25.7 Å². The summed E-state index contributed by atoms with van der Waals surface area (Å²) in [6.07, 6.45) is -3.50. The number of benzene rings is 2. The maximum atomic E-state index is 13.5. The minimum absolute atomic E-state index is 0.0747. The lowest BCUT2D eigenvalue weighted by Gasteiger charge is -2.19. The summed E-state index contributed by atoms with van der Waals surface area (Å²) in [4.78, 5) is 23.0. The van der Waals surface area contributed by atoms with Gasteiger partial charge in [-0.05, 0) is 30.2 Å². The van der Waals surface area contributed by atoms with E-state index in [9.17, 15) is 24.2 Å². The third-order valence-corrected chi connectivity index (χ3v) is 3.74. The SMILES string of the molecule is CC(=O)c1cc(C(O)C(O)CNC(=O)OCc2ccccc2)ccc1F. The molecule has 2 aromatic rings. The van der Waals surface area contributed by atoms with Crippen LogP contribution < -0.4 is 5.32 Å². The number of ether oxygens (including phenoxy) is 1. The molecule has 0 saturated carbocycles. The molecule has 6 nitrogen and oxygen atoms in total. The molecule has 2 unspecified atom stereocenters. The van der Waals surface area contributed by atoms with Crippen molar-refractivity contribution in [2.75, 3.05) is 6.54 Å². The number of rotatable bonds is 7. The van der Waals surface area contributed by atoms with Crippen LogP contribution in [-0.4, -0.2) is 34.7 Å². The standard InChI is InChI=1S/C19H20FNO5/c1-12(22)15-9-14(7-8-16(15)20)18(24)17(23)10-21-19(25)26-11-13-5-3-2-4-6-13/h2-9,17-18,23-24H,10-11H2,1H3,(H,21,25). The Bertz CT molecular complexity index is 766. The van der Waals surface area contributed by atoms with E-state index in [4.69, 9.17) is 4.74 Å². The van der Waals surface area contributed by atoms with E-state index in [1.165, 1.54) is 19.1 Å². The molecule has 0 fully saturated rings. The number of amides is 1. The topological polar surface area (TPSA) is 95.9 Å². The molecule has 0 bridgehead atoms. The van der Waals surface area contributed by atoms with Gasteiger partial charge in [-0.1, -0.05) is 36.4 Å². The zero-order chi connectivity index (χ0) is 19.1. The summed E-state index contributed by atoms with van der Waals surface area (Å²) in [7, 11) is 0. The van der Waals surface area contributed by atoms with Crippen molar-refractivity contribution in [1.82, 2.24) is 5.32 Å². The van der Waals surface area contributed by atoms with Gasteiger partial charge in [-0.2, -0.15) is 0 Å². The fraction of sp³-hybridized carbons (Fsp3) is 0.263. The number of aliphatic hydroxyl groups excluding tert-OH is 2. The molecule has 0 aliphatic rings. The second-order valence-electron chi connectivity index (χ2n) is 5.75. The van der Waals surface area contributed by atoms with Crippen LogP contribution in [0.25, 0.3) is 0 Å². The first-order valence-electron chi connectivity index (χ1n) is 7.99. The van der Waals surface area contributed by atoms with Crippen LogP contribution in [0.15, 0.2) is 48.5 Å². The van der Waals surface area contributed by atoms with E-state index < -0.39 is 29.9 Å². The summed E-state index contributed by atoms with van der Waals surface area (Å²) in [6, 6.07) is 12.6. The van der Waals surface area contributed by atoms with Gasteiger partial charge < -0.3 is 20.3 Å². The molecule has 26 heavy (non-hydrogen) atoms. The molecule has 0 saturated heterocycles. The lowest BCUT2D eigenvalue weighted by atomic mass is 10.00. The largest absolute Gasteiger partial charge is 0.445 e. The van der Waals surface area contributed by atoms with E-state index in [1.807, 2.05) is 18.2 Å². The Morgan fingerprint density at radius 1 is 1.15 bits per heavy atom. The second-order valence-corrected chi connectivity index (χ2v) is 5.75. The van der Waals surface area contributed by atoms with Crippen LogP contribution in [0.1, 0.15) is 34.5 Å². The predicted molar refractivity (Wildman–Crippen MR) is 92.0 cm³/mol. The van der Waals surface area contributed by atoms with Gasteiger partial charge in [0.1, 0.15) is 24.6 Å². The summed E-state index contributed by atoms with van der Waals surface area (Å²) in [5, 5.41) is 22.5. The molecule has 7 heteroatoms. The van der Waals surface area contributed by atoms with E-state index in [1.54, 1.807) is 12.1 Å². The Labute approximate surface area is 150 Å². The second kappa shape index (κ2) is 9.07. The van der Waals surface area contributed by atoms with Gasteiger partial charge in [-0.25, -0.2) is 9.18 Å². The number of halogens is 1. The summed E-state index contributed by atoms with van der Waals surface area (Å²) in [5.41, 5.74) is 0.804. The van der Waals surface area contributed by atoms with Crippen molar-refractivity contribution in [2.24, 2.45) is 0 Å². The minimum atomic E-state index is -1.40. The van der Waals surface area contributed by atoms with E-state index >= 15 is 0 Å². The fourth-order valence-corrected chi connectivity index (χ4v) is 2.29. The first-order chi connectivity index (χ1) is 12.4. The molecule has 2 aromatic carbocycles. The third kappa shape index (κ3) is 5.37. The van der Waals surface area contributed by atoms with Gasteiger partial charge in [0.15, 0.2) is 5.78 Å². The lowest BCUT2D eigenvalue weighted by molar-refractivity contribution is 0.0183. The van der Waals surface area contributed by atoms with Crippen molar-refractivity contribution in [1.29, 1.82) is 0 Å². The first kappa shape index (κ1) is 19.6. The highest BCUT2D eigenvalue weighted by Gasteiger charge is 2.21. The monoisotopic (exact) mass is 361 g/mol. The minimum Gasteiger partial charge on any atom is -0.445 e. The van der Waals surface area contributed by atoms with Gasteiger partial charge in [0.05, 0.1) is 5.56 Å². The molecule has 2 atom stereocenters. The molecule has 0 aromatic heterocycles. The molecule has 0 spiro atoms. The average Bonchev–Trinajstić information content (AvgIpc) is 2.64. The van der Waals surface area contributed by atoms with Gasteiger partial charge in [0, 0.05) is 6.54 Å². The maximum Gasteiger partial charge on any atom is 0.407 e. The molecular formula is C19H20FNO5. The van der Waals surface area contributed by atoms with E-state index in [-0.39, 0.29) is 24.3 Å². The Morgan fingerprint density at radius 3 is 2.50 bits per heavy atom. The number of nitrogens with one attached hydrogen (secondary N) is 1. The molecule has 0 heterocycles. The average molecular weight is 361 g/mol. The molecule has 0 radical (unpaired) electrons. The van der Waals surface area contributed by atoms with Gasteiger partial charge in [-0.3, -0.25) is 4.79 Å². The van der Waals surface area contributed by atoms with Gasteiger partial charge in [-0.15, -0.1) is 0 Å². The molecule has 2 rings (SSSR count). The summed E-state index contributed by atoms with van der Waals surface area (Å²) in [5.74, 6) is -1.20. The zero-order valence-electron chi connectivity index (χ0n) is 14.2. The number of aliphatic hydroxyl groups is 2. The highest BCUT2D eigenvalue weighted by molar-refractivity contribution is 5.94. The van der Waals surface area contributed by atoms with Crippen LogP contribution in [0.4, 0.5) is 9.18 Å².